The van der Waals surface area contributed by atoms with Gasteiger partial charge in [-0.05, 0) is 48.5 Å². The summed E-state index contributed by atoms with van der Waals surface area (Å²) in [5, 5.41) is 11.6. The molecule has 1 aliphatic rings. The summed E-state index contributed by atoms with van der Waals surface area (Å²) in [5.41, 5.74) is 2.68. The van der Waals surface area contributed by atoms with E-state index in [1.807, 2.05) is 48.5 Å². The van der Waals surface area contributed by atoms with Crippen LogP contribution in [0, 0.1) is 0 Å². The number of morpholine rings is 1. The van der Waals surface area contributed by atoms with Crippen molar-refractivity contribution in [1.82, 2.24) is 14.9 Å². The zero-order valence-corrected chi connectivity index (χ0v) is 18.0. The van der Waals surface area contributed by atoms with Gasteiger partial charge >= 0.3 is 0 Å². The normalized spacial score (nSPS) is 13.8. The Labute approximate surface area is 184 Å². The zero-order chi connectivity index (χ0) is 21.6. The molecule has 1 aliphatic heterocycles. The van der Waals surface area contributed by atoms with Crippen LogP contribution in [0.3, 0.4) is 0 Å². The predicted molar refractivity (Wildman–Crippen MR) is 121 cm³/mol. The number of methoxy groups -OCH3 is 1. The van der Waals surface area contributed by atoms with Crippen LogP contribution < -0.4 is 20.8 Å². The van der Waals surface area contributed by atoms with Crippen molar-refractivity contribution in [2.45, 2.75) is 5.16 Å². The lowest BCUT2D eigenvalue weighted by Gasteiger charge is -2.28. The number of anilines is 2. The first-order valence-electron chi connectivity index (χ1n) is 9.84. The van der Waals surface area contributed by atoms with Crippen molar-refractivity contribution in [2.24, 2.45) is 0 Å². The number of hydrogen-bond acceptors (Lipinski definition) is 8. The van der Waals surface area contributed by atoms with Gasteiger partial charge in [0, 0.05) is 30.0 Å². The van der Waals surface area contributed by atoms with E-state index in [0.717, 1.165) is 49.0 Å². The zero-order valence-electron chi connectivity index (χ0n) is 17.2. The predicted octanol–water partition coefficient (Wildman–Crippen LogP) is 2.23. The fraction of sp³-hybridized carbons (Fsp3) is 0.286. The van der Waals surface area contributed by atoms with Crippen molar-refractivity contribution < 1.29 is 14.3 Å². The number of aromatic nitrogens is 3. The van der Waals surface area contributed by atoms with Crippen LogP contribution in [0.25, 0.3) is 11.4 Å². The van der Waals surface area contributed by atoms with Gasteiger partial charge < -0.3 is 25.5 Å². The first-order valence-corrected chi connectivity index (χ1v) is 10.8. The quantitative estimate of drug-likeness (QED) is 0.425. The maximum atomic E-state index is 12.4. The van der Waals surface area contributed by atoms with E-state index >= 15 is 0 Å². The molecular formula is C21H24N6O3S. The molecule has 0 radical (unpaired) electrons. The molecule has 10 heteroatoms. The standard InChI is InChI=1S/C21H24N6O3S/c1-29-18-8-2-15(3-9-18)20-24-25-21(27(20)22)31-14-19(28)23-16-4-6-17(7-5-16)26-10-12-30-13-11-26/h2-9H,10-14,22H2,1H3,(H,23,28). The average Bonchev–Trinajstić information content (AvgIpc) is 3.19. The number of thioether (sulfide) groups is 1. The number of carbonyl (C=O) groups is 1. The molecule has 1 fully saturated rings. The summed E-state index contributed by atoms with van der Waals surface area (Å²) in [6, 6.07) is 15.2. The van der Waals surface area contributed by atoms with E-state index in [-0.39, 0.29) is 11.7 Å². The van der Waals surface area contributed by atoms with Crippen LogP contribution >= 0.6 is 11.8 Å². The monoisotopic (exact) mass is 440 g/mol. The van der Waals surface area contributed by atoms with Gasteiger partial charge in [0.1, 0.15) is 5.75 Å². The third kappa shape index (κ3) is 5.09. The summed E-state index contributed by atoms with van der Waals surface area (Å²) in [5.74, 6) is 7.42. The molecule has 0 saturated carbocycles. The Kier molecular flexibility index (Phi) is 6.58. The Bertz CT molecular complexity index is 1020. The molecule has 9 nitrogen and oxygen atoms in total. The van der Waals surface area contributed by atoms with Crippen LogP contribution in [0.1, 0.15) is 0 Å². The molecule has 3 N–H and O–H groups in total. The molecule has 162 valence electrons. The minimum atomic E-state index is -0.141. The van der Waals surface area contributed by atoms with Crippen LogP contribution in [0.2, 0.25) is 0 Å². The van der Waals surface area contributed by atoms with Crippen molar-refractivity contribution in [1.29, 1.82) is 0 Å². The molecule has 1 aromatic heterocycles. The summed E-state index contributed by atoms with van der Waals surface area (Å²) in [6.07, 6.45) is 0. The average molecular weight is 441 g/mol. The third-order valence-corrected chi connectivity index (χ3v) is 5.82. The highest BCUT2D eigenvalue weighted by molar-refractivity contribution is 7.99. The summed E-state index contributed by atoms with van der Waals surface area (Å²) >= 11 is 1.23. The lowest BCUT2D eigenvalue weighted by atomic mass is 10.2. The summed E-state index contributed by atoms with van der Waals surface area (Å²) in [7, 11) is 1.61. The Morgan fingerprint density at radius 1 is 1.13 bits per heavy atom. The van der Waals surface area contributed by atoms with Gasteiger partial charge in [0.15, 0.2) is 5.82 Å². The SMILES string of the molecule is COc1ccc(-c2nnc(SCC(=O)Nc3ccc(N4CCOCC4)cc3)n2N)cc1. The minimum absolute atomic E-state index is 0.141. The van der Waals surface area contributed by atoms with E-state index in [4.69, 9.17) is 15.3 Å². The highest BCUT2D eigenvalue weighted by atomic mass is 32.2. The number of ether oxygens (including phenoxy) is 2. The Hall–Kier alpha value is -3.24. The molecule has 1 saturated heterocycles. The smallest absolute Gasteiger partial charge is 0.234 e. The number of amides is 1. The number of nitrogens with zero attached hydrogens (tertiary/aromatic N) is 4. The molecule has 1 amide bonds. The molecule has 0 spiro atoms. The highest BCUT2D eigenvalue weighted by Crippen LogP contribution is 2.24. The van der Waals surface area contributed by atoms with E-state index in [1.165, 1.54) is 16.4 Å². The Morgan fingerprint density at radius 2 is 1.84 bits per heavy atom. The highest BCUT2D eigenvalue weighted by Gasteiger charge is 2.15. The molecule has 31 heavy (non-hydrogen) atoms. The van der Waals surface area contributed by atoms with Crippen LogP contribution in [0.5, 0.6) is 5.75 Å². The maximum Gasteiger partial charge on any atom is 0.234 e. The summed E-state index contributed by atoms with van der Waals surface area (Å²) in [4.78, 5) is 14.6. The molecule has 2 aromatic carbocycles. The number of hydrogen-bond donors (Lipinski definition) is 2. The lowest BCUT2D eigenvalue weighted by Crippen LogP contribution is -2.36. The van der Waals surface area contributed by atoms with E-state index in [9.17, 15) is 4.79 Å². The number of nitrogen functional groups attached to an aromatic ring is 1. The van der Waals surface area contributed by atoms with E-state index in [0.29, 0.717) is 11.0 Å². The van der Waals surface area contributed by atoms with Crippen molar-refractivity contribution in [3.8, 4) is 17.1 Å². The molecule has 0 unspecified atom stereocenters. The van der Waals surface area contributed by atoms with Gasteiger partial charge in [0.05, 0.1) is 26.1 Å². The van der Waals surface area contributed by atoms with Gasteiger partial charge in [-0.3, -0.25) is 4.79 Å². The van der Waals surface area contributed by atoms with Gasteiger partial charge in [0.2, 0.25) is 11.1 Å². The first-order chi connectivity index (χ1) is 15.1. The van der Waals surface area contributed by atoms with Crippen molar-refractivity contribution in [3.63, 3.8) is 0 Å². The minimum Gasteiger partial charge on any atom is -0.497 e. The van der Waals surface area contributed by atoms with E-state index in [2.05, 4.69) is 20.4 Å². The van der Waals surface area contributed by atoms with Crippen LogP contribution in [-0.2, 0) is 9.53 Å². The molecule has 3 aromatic rings. The van der Waals surface area contributed by atoms with Crippen LogP contribution in [0.4, 0.5) is 11.4 Å². The fourth-order valence-corrected chi connectivity index (χ4v) is 3.87. The Balaban J connectivity index is 1.32. The summed E-state index contributed by atoms with van der Waals surface area (Å²) in [6.45, 7) is 3.23. The fourth-order valence-electron chi connectivity index (χ4n) is 3.22. The molecule has 0 atom stereocenters. The Morgan fingerprint density at radius 3 is 2.52 bits per heavy atom. The van der Waals surface area contributed by atoms with Crippen molar-refractivity contribution in [3.05, 3.63) is 48.5 Å². The first kappa shape index (κ1) is 21.0. The van der Waals surface area contributed by atoms with Gasteiger partial charge in [-0.25, -0.2) is 4.68 Å². The van der Waals surface area contributed by atoms with Gasteiger partial charge in [-0.2, -0.15) is 0 Å². The van der Waals surface area contributed by atoms with Crippen LogP contribution in [-0.4, -0.2) is 59.9 Å². The number of rotatable bonds is 7. The van der Waals surface area contributed by atoms with Gasteiger partial charge in [0.25, 0.3) is 0 Å². The third-order valence-electron chi connectivity index (χ3n) is 4.87. The second kappa shape index (κ2) is 9.71. The molecule has 0 aliphatic carbocycles. The van der Waals surface area contributed by atoms with Crippen molar-refractivity contribution >= 4 is 29.0 Å². The molecular weight excluding hydrogens is 416 g/mol. The largest absolute Gasteiger partial charge is 0.497 e. The van der Waals surface area contributed by atoms with E-state index in [1.54, 1.807) is 7.11 Å². The topological polar surface area (TPSA) is 108 Å². The molecule has 2 heterocycles. The molecule has 0 bridgehead atoms. The number of nitrogens with one attached hydrogen (secondary N) is 1. The second-order valence-electron chi connectivity index (χ2n) is 6.89. The van der Waals surface area contributed by atoms with E-state index < -0.39 is 0 Å². The van der Waals surface area contributed by atoms with Crippen LogP contribution in [0.15, 0.2) is 53.7 Å². The molecule has 4 rings (SSSR count). The van der Waals surface area contributed by atoms with Gasteiger partial charge in [-0.1, -0.05) is 11.8 Å². The number of benzene rings is 2. The second-order valence-corrected chi connectivity index (χ2v) is 7.83. The van der Waals surface area contributed by atoms with Gasteiger partial charge in [-0.15, -0.1) is 10.2 Å². The lowest BCUT2D eigenvalue weighted by molar-refractivity contribution is -0.113. The van der Waals surface area contributed by atoms with Crippen molar-refractivity contribution in [2.75, 3.05) is 55.2 Å². The number of carbonyl (C=O) groups excluding carboxylic acids is 1. The maximum absolute atomic E-state index is 12.4. The number of nitrogens with two attached hydrogens (primary N) is 1. The summed E-state index contributed by atoms with van der Waals surface area (Å²) < 4.78 is 11.9.